The second kappa shape index (κ2) is 6.11. The number of nitrogens with zero attached hydrogens (tertiary/aromatic N) is 3. The third kappa shape index (κ3) is 2.97. The molecule has 0 saturated carbocycles. The van der Waals surface area contributed by atoms with Crippen molar-refractivity contribution in [1.29, 1.82) is 0 Å². The fraction of sp³-hybridized carbons (Fsp3) is 0.692. The molecule has 2 rings (SSSR count). The smallest absolute Gasteiger partial charge is 0.102 e. The highest BCUT2D eigenvalue weighted by molar-refractivity contribution is 5.06. The van der Waals surface area contributed by atoms with E-state index in [-0.39, 0.29) is 0 Å². The van der Waals surface area contributed by atoms with Crippen LogP contribution in [0, 0.1) is 0 Å². The van der Waals surface area contributed by atoms with Gasteiger partial charge in [0.25, 0.3) is 0 Å². The van der Waals surface area contributed by atoms with Crippen LogP contribution in [0.25, 0.3) is 0 Å². The first-order valence-electron chi connectivity index (χ1n) is 6.47. The molecule has 2 aliphatic heterocycles. The van der Waals surface area contributed by atoms with Crippen LogP contribution in [0.15, 0.2) is 24.8 Å². The molecular formula is C13H23N3O2. The van der Waals surface area contributed by atoms with Gasteiger partial charge in [-0.25, -0.2) is 0 Å². The molecule has 0 radical (unpaired) electrons. The maximum Gasteiger partial charge on any atom is 0.102 e. The number of morpholine rings is 2. The molecular weight excluding hydrogens is 230 g/mol. The van der Waals surface area contributed by atoms with Crippen LogP contribution in [0.5, 0.6) is 0 Å². The van der Waals surface area contributed by atoms with Gasteiger partial charge in [-0.05, 0) is 0 Å². The molecule has 0 aromatic carbocycles. The molecule has 0 aromatic rings. The van der Waals surface area contributed by atoms with Gasteiger partial charge < -0.3 is 24.2 Å². The van der Waals surface area contributed by atoms with Crippen LogP contribution in [0.1, 0.15) is 0 Å². The average Bonchev–Trinajstić information content (AvgIpc) is 2.47. The van der Waals surface area contributed by atoms with Gasteiger partial charge in [-0.2, -0.15) is 0 Å². The molecule has 0 N–H and O–H groups in total. The van der Waals surface area contributed by atoms with Crippen molar-refractivity contribution in [2.45, 2.75) is 0 Å². The van der Waals surface area contributed by atoms with Crippen LogP contribution in [0.3, 0.4) is 0 Å². The predicted octanol–water partition coefficient (Wildman–Crippen LogP) is 0.525. The summed E-state index contributed by atoms with van der Waals surface area (Å²) in [5, 5.41) is 0. The zero-order valence-corrected chi connectivity index (χ0v) is 11.2. The molecule has 5 nitrogen and oxygen atoms in total. The van der Waals surface area contributed by atoms with E-state index in [1.54, 1.807) is 0 Å². The molecule has 5 heteroatoms. The van der Waals surface area contributed by atoms with Crippen LogP contribution in [0.4, 0.5) is 0 Å². The summed E-state index contributed by atoms with van der Waals surface area (Å²) in [5.41, 5.74) is 0. The van der Waals surface area contributed by atoms with E-state index in [0.29, 0.717) is 0 Å². The second-order valence-electron chi connectivity index (χ2n) is 4.59. The third-order valence-corrected chi connectivity index (χ3v) is 3.53. The van der Waals surface area contributed by atoms with Crippen molar-refractivity contribution in [1.82, 2.24) is 14.7 Å². The zero-order chi connectivity index (χ0) is 13.0. The van der Waals surface area contributed by atoms with Crippen LogP contribution < -0.4 is 0 Å². The molecule has 0 spiro atoms. The van der Waals surface area contributed by atoms with Crippen LogP contribution in [-0.2, 0) is 9.47 Å². The Bertz CT molecular complexity index is 277. The summed E-state index contributed by atoms with van der Waals surface area (Å²) in [6, 6.07) is 0. The van der Waals surface area contributed by atoms with E-state index in [4.69, 9.17) is 9.47 Å². The molecule has 0 aliphatic carbocycles. The minimum absolute atomic E-state index is 0.775. The first kappa shape index (κ1) is 13.2. The Balaban J connectivity index is 1.90. The van der Waals surface area contributed by atoms with E-state index in [1.165, 1.54) is 0 Å². The lowest BCUT2D eigenvalue weighted by Gasteiger charge is -2.40. The Morgan fingerprint density at radius 2 is 1.17 bits per heavy atom. The van der Waals surface area contributed by atoms with E-state index in [1.807, 2.05) is 7.05 Å². The molecule has 0 atom stereocenters. The lowest BCUT2D eigenvalue weighted by atomic mass is 10.4. The van der Waals surface area contributed by atoms with Crippen molar-refractivity contribution in [3.05, 3.63) is 24.8 Å². The summed E-state index contributed by atoms with van der Waals surface area (Å²) in [6.45, 7) is 15.1. The van der Waals surface area contributed by atoms with E-state index in [0.717, 1.165) is 64.2 Å². The maximum absolute atomic E-state index is 5.36. The highest BCUT2D eigenvalue weighted by Crippen LogP contribution is 2.17. The molecule has 0 aromatic heterocycles. The number of hydrogen-bond acceptors (Lipinski definition) is 5. The lowest BCUT2D eigenvalue weighted by Crippen LogP contribution is -2.44. The summed E-state index contributed by atoms with van der Waals surface area (Å²) < 4.78 is 10.7. The highest BCUT2D eigenvalue weighted by Gasteiger charge is 2.20. The fourth-order valence-corrected chi connectivity index (χ4v) is 2.22. The van der Waals surface area contributed by atoms with Crippen molar-refractivity contribution in [2.24, 2.45) is 0 Å². The molecule has 0 amide bonds. The predicted molar refractivity (Wildman–Crippen MR) is 70.8 cm³/mol. The van der Waals surface area contributed by atoms with E-state index < -0.39 is 0 Å². The Morgan fingerprint density at radius 3 is 1.50 bits per heavy atom. The lowest BCUT2D eigenvalue weighted by molar-refractivity contribution is 0.0269. The van der Waals surface area contributed by atoms with Gasteiger partial charge in [0.15, 0.2) is 0 Å². The number of ether oxygens (including phenoxy) is 2. The summed E-state index contributed by atoms with van der Waals surface area (Å²) in [4.78, 5) is 6.56. The van der Waals surface area contributed by atoms with Gasteiger partial charge in [-0.1, -0.05) is 13.2 Å². The Labute approximate surface area is 109 Å². The molecule has 2 aliphatic rings. The summed E-state index contributed by atoms with van der Waals surface area (Å²) >= 11 is 0. The van der Waals surface area contributed by atoms with Crippen LogP contribution >= 0.6 is 0 Å². The fourth-order valence-electron chi connectivity index (χ4n) is 2.22. The van der Waals surface area contributed by atoms with E-state index in [2.05, 4.69) is 27.9 Å². The van der Waals surface area contributed by atoms with Crippen LogP contribution in [-0.4, -0.2) is 74.4 Å². The number of hydrogen-bond donors (Lipinski definition) is 0. The SMILES string of the molecule is C=C(N1CCOCC1)N(C)C(=C)N1CCOCC1. The average molecular weight is 253 g/mol. The van der Waals surface area contributed by atoms with Crippen molar-refractivity contribution in [3.8, 4) is 0 Å². The van der Waals surface area contributed by atoms with Gasteiger partial charge in [-0.15, -0.1) is 0 Å². The second-order valence-corrected chi connectivity index (χ2v) is 4.59. The molecule has 18 heavy (non-hydrogen) atoms. The van der Waals surface area contributed by atoms with Gasteiger partial charge in [0, 0.05) is 33.2 Å². The normalized spacial score (nSPS) is 20.7. The quantitative estimate of drug-likeness (QED) is 0.728. The van der Waals surface area contributed by atoms with Gasteiger partial charge in [0.1, 0.15) is 11.6 Å². The van der Waals surface area contributed by atoms with Crippen molar-refractivity contribution < 1.29 is 9.47 Å². The summed E-state index contributed by atoms with van der Waals surface area (Å²) in [6.07, 6.45) is 0. The summed E-state index contributed by atoms with van der Waals surface area (Å²) in [7, 11) is 2.02. The van der Waals surface area contributed by atoms with Gasteiger partial charge in [-0.3, -0.25) is 0 Å². The zero-order valence-electron chi connectivity index (χ0n) is 11.2. The molecule has 0 bridgehead atoms. The largest absolute Gasteiger partial charge is 0.378 e. The van der Waals surface area contributed by atoms with Crippen LogP contribution in [0.2, 0.25) is 0 Å². The van der Waals surface area contributed by atoms with Gasteiger partial charge >= 0.3 is 0 Å². The first-order chi connectivity index (χ1) is 8.70. The number of rotatable bonds is 4. The van der Waals surface area contributed by atoms with Crippen molar-refractivity contribution >= 4 is 0 Å². The third-order valence-electron chi connectivity index (χ3n) is 3.53. The first-order valence-corrected chi connectivity index (χ1v) is 6.47. The maximum atomic E-state index is 5.36. The topological polar surface area (TPSA) is 28.2 Å². The van der Waals surface area contributed by atoms with E-state index in [9.17, 15) is 0 Å². The standard InChI is InChI=1S/C13H23N3O2/c1-12(15-4-8-17-9-5-15)14(3)13(2)16-6-10-18-11-7-16/h1-2,4-11H2,3H3. The Morgan fingerprint density at radius 1 is 0.833 bits per heavy atom. The minimum atomic E-state index is 0.775. The molecule has 2 saturated heterocycles. The molecule has 0 unspecified atom stereocenters. The van der Waals surface area contributed by atoms with Gasteiger partial charge in [0.05, 0.1) is 26.4 Å². The minimum Gasteiger partial charge on any atom is -0.378 e. The monoisotopic (exact) mass is 253 g/mol. The van der Waals surface area contributed by atoms with Gasteiger partial charge in [0.2, 0.25) is 0 Å². The van der Waals surface area contributed by atoms with E-state index >= 15 is 0 Å². The molecule has 2 heterocycles. The highest BCUT2D eigenvalue weighted by atomic mass is 16.5. The Kier molecular flexibility index (Phi) is 4.49. The van der Waals surface area contributed by atoms with Crippen molar-refractivity contribution in [3.63, 3.8) is 0 Å². The molecule has 2 fully saturated rings. The Hall–Kier alpha value is -1.20. The summed E-state index contributed by atoms with van der Waals surface area (Å²) in [5.74, 6) is 1.99. The van der Waals surface area contributed by atoms with Crippen molar-refractivity contribution in [2.75, 3.05) is 59.7 Å². The molecule has 102 valence electrons.